The van der Waals surface area contributed by atoms with Crippen LogP contribution >= 0.6 is 11.8 Å². The van der Waals surface area contributed by atoms with Crippen LogP contribution in [0.1, 0.15) is 39.0 Å². The fourth-order valence-electron chi connectivity index (χ4n) is 1.77. The maximum absolute atomic E-state index is 3.47. The molecule has 0 aromatic heterocycles. The highest BCUT2D eigenvalue weighted by Gasteiger charge is 2.11. The minimum atomic E-state index is 0.959. The molecular formula is C11H23NS. The van der Waals surface area contributed by atoms with Gasteiger partial charge in [0.2, 0.25) is 0 Å². The molecule has 1 unspecified atom stereocenters. The number of thioether (sulfide) groups is 1. The van der Waals surface area contributed by atoms with Gasteiger partial charge in [-0.3, -0.25) is 0 Å². The van der Waals surface area contributed by atoms with Crippen molar-refractivity contribution in [2.45, 2.75) is 39.0 Å². The fourth-order valence-corrected chi connectivity index (χ4v) is 2.96. The van der Waals surface area contributed by atoms with Crippen molar-refractivity contribution in [3.8, 4) is 0 Å². The van der Waals surface area contributed by atoms with Crippen LogP contribution in [0.4, 0.5) is 0 Å². The lowest BCUT2D eigenvalue weighted by molar-refractivity contribution is 0.410. The fraction of sp³-hybridized carbons (Fsp3) is 1.00. The van der Waals surface area contributed by atoms with Gasteiger partial charge in [-0.15, -0.1) is 0 Å². The van der Waals surface area contributed by atoms with Gasteiger partial charge in [-0.05, 0) is 49.8 Å². The Morgan fingerprint density at radius 3 is 3.00 bits per heavy atom. The summed E-state index contributed by atoms with van der Waals surface area (Å²) in [5.41, 5.74) is 0. The Labute approximate surface area is 87.1 Å². The molecule has 0 amide bonds. The molecule has 1 nitrogen and oxygen atoms in total. The van der Waals surface area contributed by atoms with Crippen molar-refractivity contribution in [3.63, 3.8) is 0 Å². The summed E-state index contributed by atoms with van der Waals surface area (Å²) < 4.78 is 0. The zero-order valence-corrected chi connectivity index (χ0v) is 9.67. The van der Waals surface area contributed by atoms with E-state index in [1.165, 1.54) is 56.7 Å². The first-order valence-corrected chi connectivity index (χ1v) is 6.87. The van der Waals surface area contributed by atoms with Crippen LogP contribution in [0.5, 0.6) is 0 Å². The average molecular weight is 201 g/mol. The summed E-state index contributed by atoms with van der Waals surface area (Å²) in [5, 5.41) is 3.47. The molecule has 2 heteroatoms. The molecule has 13 heavy (non-hydrogen) atoms. The molecule has 0 radical (unpaired) electrons. The molecule has 1 atom stereocenters. The molecule has 1 aliphatic heterocycles. The zero-order valence-electron chi connectivity index (χ0n) is 8.85. The van der Waals surface area contributed by atoms with Crippen LogP contribution in [0.25, 0.3) is 0 Å². The maximum Gasteiger partial charge on any atom is -0.00126 e. The molecule has 0 spiro atoms. The summed E-state index contributed by atoms with van der Waals surface area (Å²) in [6, 6.07) is 0. The molecule has 1 saturated heterocycles. The van der Waals surface area contributed by atoms with Crippen LogP contribution < -0.4 is 5.32 Å². The van der Waals surface area contributed by atoms with E-state index in [0.717, 1.165) is 5.92 Å². The van der Waals surface area contributed by atoms with Crippen molar-refractivity contribution < 1.29 is 0 Å². The second-order valence-corrected chi connectivity index (χ2v) is 5.14. The molecule has 1 aliphatic rings. The molecular weight excluding hydrogens is 178 g/mol. The Kier molecular flexibility index (Phi) is 6.73. The monoisotopic (exact) mass is 201 g/mol. The average Bonchev–Trinajstić information content (AvgIpc) is 2.19. The summed E-state index contributed by atoms with van der Waals surface area (Å²) in [7, 11) is 0. The molecule has 0 saturated carbocycles. The second-order valence-electron chi connectivity index (χ2n) is 3.99. The van der Waals surface area contributed by atoms with E-state index in [4.69, 9.17) is 0 Å². The molecule has 0 aromatic carbocycles. The van der Waals surface area contributed by atoms with Gasteiger partial charge in [0.05, 0.1) is 0 Å². The highest BCUT2D eigenvalue weighted by molar-refractivity contribution is 7.99. The van der Waals surface area contributed by atoms with Crippen LogP contribution in [0.15, 0.2) is 0 Å². The van der Waals surface area contributed by atoms with E-state index >= 15 is 0 Å². The van der Waals surface area contributed by atoms with Gasteiger partial charge in [-0.1, -0.05) is 19.8 Å². The van der Waals surface area contributed by atoms with E-state index in [1.807, 2.05) is 0 Å². The molecule has 1 heterocycles. The number of hydrogen-bond donors (Lipinski definition) is 1. The summed E-state index contributed by atoms with van der Waals surface area (Å²) in [6.45, 7) is 4.79. The smallest absolute Gasteiger partial charge is 0.00126 e. The second kappa shape index (κ2) is 7.69. The third-order valence-electron chi connectivity index (χ3n) is 2.64. The van der Waals surface area contributed by atoms with Gasteiger partial charge in [0, 0.05) is 0 Å². The predicted molar refractivity (Wildman–Crippen MR) is 62.4 cm³/mol. The van der Waals surface area contributed by atoms with E-state index in [-0.39, 0.29) is 0 Å². The molecule has 0 aromatic rings. The number of hydrogen-bond acceptors (Lipinski definition) is 2. The van der Waals surface area contributed by atoms with Crippen molar-refractivity contribution >= 4 is 11.8 Å². The first kappa shape index (κ1) is 11.4. The van der Waals surface area contributed by atoms with E-state index in [1.54, 1.807) is 0 Å². The number of unbranched alkanes of at least 4 members (excludes halogenated alkanes) is 2. The predicted octanol–water partition coefficient (Wildman–Crippen LogP) is 2.91. The lowest BCUT2D eigenvalue weighted by atomic mass is 10.0. The van der Waals surface area contributed by atoms with Gasteiger partial charge in [0.1, 0.15) is 0 Å². The highest BCUT2D eigenvalue weighted by Crippen LogP contribution is 2.17. The summed E-state index contributed by atoms with van der Waals surface area (Å²) >= 11 is 2.16. The first-order chi connectivity index (χ1) is 6.43. The van der Waals surface area contributed by atoms with E-state index in [2.05, 4.69) is 24.0 Å². The Hall–Kier alpha value is 0.310. The zero-order chi connectivity index (χ0) is 9.36. The molecule has 1 rings (SSSR count). The number of rotatable bonds is 6. The van der Waals surface area contributed by atoms with Crippen molar-refractivity contribution in [1.82, 2.24) is 5.32 Å². The first-order valence-electron chi connectivity index (χ1n) is 5.72. The van der Waals surface area contributed by atoms with Crippen molar-refractivity contribution in [1.29, 1.82) is 0 Å². The van der Waals surface area contributed by atoms with E-state index < -0.39 is 0 Å². The van der Waals surface area contributed by atoms with Crippen molar-refractivity contribution in [3.05, 3.63) is 0 Å². The molecule has 0 bridgehead atoms. The Balaban J connectivity index is 1.86. The van der Waals surface area contributed by atoms with Gasteiger partial charge < -0.3 is 5.32 Å². The van der Waals surface area contributed by atoms with Crippen LogP contribution in [0.3, 0.4) is 0 Å². The standard InChI is InChI=1S/C11H23NS/c1-2-3-4-8-13-10-11-6-5-7-12-9-11/h11-12H,2-10H2,1H3. The Bertz CT molecular complexity index is 111. The Morgan fingerprint density at radius 2 is 2.31 bits per heavy atom. The van der Waals surface area contributed by atoms with Crippen molar-refractivity contribution in [2.24, 2.45) is 5.92 Å². The van der Waals surface area contributed by atoms with Gasteiger partial charge >= 0.3 is 0 Å². The Morgan fingerprint density at radius 1 is 1.38 bits per heavy atom. The van der Waals surface area contributed by atoms with Crippen molar-refractivity contribution in [2.75, 3.05) is 24.6 Å². The van der Waals surface area contributed by atoms with Gasteiger partial charge in [0.15, 0.2) is 0 Å². The normalized spacial score (nSPS) is 23.3. The van der Waals surface area contributed by atoms with Gasteiger partial charge in [-0.2, -0.15) is 11.8 Å². The molecule has 1 fully saturated rings. The molecule has 1 N–H and O–H groups in total. The van der Waals surface area contributed by atoms with Gasteiger partial charge in [-0.25, -0.2) is 0 Å². The largest absolute Gasteiger partial charge is 0.316 e. The van der Waals surface area contributed by atoms with Crippen LogP contribution in [-0.2, 0) is 0 Å². The summed E-state index contributed by atoms with van der Waals surface area (Å²) in [4.78, 5) is 0. The maximum atomic E-state index is 3.47. The minimum absolute atomic E-state index is 0.959. The number of nitrogens with one attached hydrogen (secondary N) is 1. The molecule has 0 aliphatic carbocycles. The topological polar surface area (TPSA) is 12.0 Å². The van der Waals surface area contributed by atoms with Crippen LogP contribution in [0, 0.1) is 5.92 Å². The van der Waals surface area contributed by atoms with E-state index in [9.17, 15) is 0 Å². The summed E-state index contributed by atoms with van der Waals surface area (Å²) in [6.07, 6.45) is 7.02. The third kappa shape index (κ3) is 5.58. The van der Waals surface area contributed by atoms with E-state index in [0.29, 0.717) is 0 Å². The lowest BCUT2D eigenvalue weighted by Gasteiger charge is -2.22. The quantitative estimate of drug-likeness (QED) is 0.663. The van der Waals surface area contributed by atoms with Crippen LogP contribution in [-0.4, -0.2) is 24.6 Å². The summed E-state index contributed by atoms with van der Waals surface area (Å²) in [5.74, 6) is 3.72. The minimum Gasteiger partial charge on any atom is -0.316 e. The van der Waals surface area contributed by atoms with Gasteiger partial charge in [0.25, 0.3) is 0 Å². The lowest BCUT2D eigenvalue weighted by Crippen LogP contribution is -2.30. The third-order valence-corrected chi connectivity index (χ3v) is 3.93. The molecule has 78 valence electrons. The highest BCUT2D eigenvalue weighted by atomic mass is 32.2. The number of piperidine rings is 1. The SMILES string of the molecule is CCCCCSCC1CCCNC1. The van der Waals surface area contributed by atoms with Crippen LogP contribution in [0.2, 0.25) is 0 Å².